The van der Waals surface area contributed by atoms with E-state index >= 15 is 0 Å². The number of benzene rings is 1. The van der Waals surface area contributed by atoms with Crippen molar-refractivity contribution in [2.45, 2.75) is 19.6 Å². The van der Waals surface area contributed by atoms with E-state index in [4.69, 9.17) is 0 Å². The van der Waals surface area contributed by atoms with Gasteiger partial charge >= 0.3 is 0 Å². The molecule has 25 heavy (non-hydrogen) atoms. The molecule has 0 radical (unpaired) electrons. The first-order chi connectivity index (χ1) is 11.8. The Bertz CT molecular complexity index is 1010. The molecule has 4 nitrogen and oxygen atoms in total. The van der Waals surface area contributed by atoms with Gasteiger partial charge in [0.25, 0.3) is 0 Å². The van der Waals surface area contributed by atoms with E-state index in [1.807, 2.05) is 18.2 Å². The zero-order valence-corrected chi connectivity index (χ0v) is 16.6. The second-order valence-electron chi connectivity index (χ2n) is 6.57. The summed E-state index contributed by atoms with van der Waals surface area (Å²) in [5.41, 5.74) is 4.93. The molecule has 3 rings (SSSR count). The van der Waals surface area contributed by atoms with Crippen molar-refractivity contribution in [1.82, 2.24) is 15.0 Å². The zero-order chi connectivity index (χ0) is 18.0. The third-order valence-corrected chi connectivity index (χ3v) is 4.64. The van der Waals surface area contributed by atoms with Crippen LogP contribution in [0.1, 0.15) is 5.56 Å². The van der Waals surface area contributed by atoms with E-state index in [1.165, 1.54) is 12.5 Å². The maximum absolute atomic E-state index is 14.1. The van der Waals surface area contributed by atoms with Crippen LogP contribution in [0.4, 0.5) is 15.9 Å². The maximum atomic E-state index is 14.1. The highest BCUT2D eigenvalue weighted by atomic mass is 79.9. The molecule has 0 aliphatic heterocycles. The predicted molar refractivity (Wildman–Crippen MR) is 105 cm³/mol. The molecule has 0 spiro atoms. The molecule has 7 heteroatoms. The van der Waals surface area contributed by atoms with E-state index in [0.717, 1.165) is 15.4 Å². The summed E-state index contributed by atoms with van der Waals surface area (Å²) in [6.45, 7) is 6.46. The number of aromatic nitrogens is 3. The summed E-state index contributed by atoms with van der Waals surface area (Å²) in [6.07, 6.45) is 2.89. The van der Waals surface area contributed by atoms with E-state index < -0.39 is 14.0 Å². The fourth-order valence-corrected chi connectivity index (χ4v) is 3.00. The van der Waals surface area contributed by atoms with Crippen LogP contribution in [0.5, 0.6) is 0 Å². The summed E-state index contributed by atoms with van der Waals surface area (Å²) in [4.78, 5) is 12.3. The zero-order valence-electron chi connectivity index (χ0n) is 14.1. The monoisotopic (exact) mass is 414 g/mol. The minimum Gasteiger partial charge on any atom is -0.336 e. The Morgan fingerprint density at radius 3 is 2.68 bits per heavy atom. The molecular weight excluding hydrogens is 399 g/mol. The van der Waals surface area contributed by atoms with E-state index in [9.17, 15) is 4.39 Å². The number of nitrogens with one attached hydrogen (secondary N) is 1. The van der Waals surface area contributed by atoms with Gasteiger partial charge < -0.3 is 5.32 Å². The van der Waals surface area contributed by atoms with Gasteiger partial charge in [-0.1, -0.05) is 41.5 Å². The van der Waals surface area contributed by atoms with Crippen molar-refractivity contribution in [3.8, 4) is 11.5 Å². The molecule has 0 saturated heterocycles. The lowest BCUT2D eigenvalue weighted by molar-refractivity contribution is 0.588. The molecule has 0 unspecified atom stereocenters. The average molecular weight is 415 g/mol. The Hall–Kier alpha value is -2.30. The Morgan fingerprint density at radius 2 is 1.92 bits per heavy atom. The van der Waals surface area contributed by atoms with Crippen LogP contribution in [0.2, 0.25) is 19.6 Å². The summed E-state index contributed by atoms with van der Waals surface area (Å²) >= 11 is 3.43. The van der Waals surface area contributed by atoms with Gasteiger partial charge in [-0.05, 0) is 24.3 Å². The third kappa shape index (κ3) is 4.41. The molecule has 126 valence electrons. The Morgan fingerprint density at radius 1 is 1.12 bits per heavy atom. The molecule has 0 amide bonds. The van der Waals surface area contributed by atoms with Gasteiger partial charge in [-0.3, -0.25) is 0 Å². The molecule has 0 saturated carbocycles. The first-order valence-corrected chi connectivity index (χ1v) is 12.0. The largest absolute Gasteiger partial charge is 0.336 e. The standard InChI is InChI=1S/C18H16BrFN4Si/c1-25(2,3)7-6-12-8-16(17(20)21-10-12)24-18-14-9-13(19)4-5-15(14)22-11-23-18/h4-5,8-11H,1-3H3,(H,22,23,24). The van der Waals surface area contributed by atoms with Crippen molar-refractivity contribution >= 4 is 46.4 Å². The smallest absolute Gasteiger partial charge is 0.236 e. The van der Waals surface area contributed by atoms with Crippen molar-refractivity contribution < 1.29 is 4.39 Å². The minimum absolute atomic E-state index is 0.238. The number of halogens is 2. The van der Waals surface area contributed by atoms with Crippen molar-refractivity contribution in [1.29, 1.82) is 0 Å². The number of hydrogen-bond acceptors (Lipinski definition) is 4. The number of hydrogen-bond donors (Lipinski definition) is 1. The second kappa shape index (κ2) is 6.90. The van der Waals surface area contributed by atoms with Gasteiger partial charge in [-0.15, -0.1) is 5.54 Å². The van der Waals surface area contributed by atoms with Crippen molar-refractivity contribution in [2.24, 2.45) is 0 Å². The molecule has 2 heterocycles. The molecule has 1 aromatic carbocycles. The number of anilines is 2. The number of pyridine rings is 1. The van der Waals surface area contributed by atoms with Crippen molar-refractivity contribution in [3.05, 3.63) is 52.8 Å². The summed E-state index contributed by atoms with van der Waals surface area (Å²) < 4.78 is 15.0. The lowest BCUT2D eigenvalue weighted by Gasteiger charge is -2.09. The Balaban J connectivity index is 2.01. The summed E-state index contributed by atoms with van der Waals surface area (Å²) in [6, 6.07) is 7.31. The van der Waals surface area contributed by atoms with Crippen LogP contribution in [0.3, 0.4) is 0 Å². The summed E-state index contributed by atoms with van der Waals surface area (Å²) in [5.74, 6) is 3.01. The average Bonchev–Trinajstić information content (AvgIpc) is 2.55. The van der Waals surface area contributed by atoms with Crippen LogP contribution in [-0.2, 0) is 0 Å². The van der Waals surface area contributed by atoms with Crippen LogP contribution in [0.15, 0.2) is 41.3 Å². The second-order valence-corrected chi connectivity index (χ2v) is 12.2. The normalized spacial score (nSPS) is 11.1. The lowest BCUT2D eigenvalue weighted by Crippen LogP contribution is -2.16. The summed E-state index contributed by atoms with van der Waals surface area (Å²) in [5, 5.41) is 3.80. The van der Waals surface area contributed by atoms with Crippen molar-refractivity contribution in [2.75, 3.05) is 5.32 Å². The molecule has 0 bridgehead atoms. The first kappa shape index (κ1) is 17.5. The highest BCUT2D eigenvalue weighted by Gasteiger charge is 2.11. The maximum Gasteiger partial charge on any atom is 0.236 e. The molecule has 0 aliphatic rings. The SMILES string of the molecule is C[Si](C)(C)C#Cc1cnc(F)c(Nc2ncnc3ccc(Br)cc23)c1. The number of nitrogens with zero attached hydrogens (tertiary/aromatic N) is 3. The van der Waals surface area contributed by atoms with Gasteiger partial charge in [0, 0.05) is 21.6 Å². The fourth-order valence-electron chi connectivity index (χ4n) is 2.12. The van der Waals surface area contributed by atoms with Crippen molar-refractivity contribution in [3.63, 3.8) is 0 Å². The molecule has 2 aromatic heterocycles. The van der Waals surface area contributed by atoms with E-state index in [0.29, 0.717) is 11.4 Å². The van der Waals surface area contributed by atoms with Crippen LogP contribution in [0.25, 0.3) is 10.9 Å². The summed E-state index contributed by atoms with van der Waals surface area (Å²) in [7, 11) is -1.52. The Kier molecular flexibility index (Phi) is 4.84. The predicted octanol–water partition coefficient (Wildman–Crippen LogP) is 4.90. The quantitative estimate of drug-likeness (QED) is 0.368. The minimum atomic E-state index is -1.52. The van der Waals surface area contributed by atoms with Gasteiger partial charge in [0.15, 0.2) is 0 Å². The van der Waals surface area contributed by atoms with Gasteiger partial charge in [0.2, 0.25) is 5.95 Å². The van der Waals surface area contributed by atoms with Crippen LogP contribution < -0.4 is 5.32 Å². The Labute approximate surface area is 155 Å². The molecule has 1 N–H and O–H groups in total. The van der Waals surface area contributed by atoms with Gasteiger partial charge in [0.1, 0.15) is 20.2 Å². The van der Waals surface area contributed by atoms with Gasteiger partial charge in [0.05, 0.1) is 11.2 Å². The topological polar surface area (TPSA) is 50.7 Å². The van der Waals surface area contributed by atoms with E-state index in [-0.39, 0.29) is 5.69 Å². The number of fused-ring (bicyclic) bond motifs is 1. The van der Waals surface area contributed by atoms with Crippen LogP contribution >= 0.6 is 15.9 Å². The highest BCUT2D eigenvalue weighted by molar-refractivity contribution is 9.10. The first-order valence-electron chi connectivity index (χ1n) is 7.68. The fraction of sp³-hybridized carbons (Fsp3) is 0.167. The number of rotatable bonds is 2. The van der Waals surface area contributed by atoms with E-state index in [1.54, 1.807) is 6.07 Å². The highest BCUT2D eigenvalue weighted by Crippen LogP contribution is 2.26. The third-order valence-electron chi connectivity index (χ3n) is 3.27. The van der Waals surface area contributed by atoms with Crippen LogP contribution in [-0.4, -0.2) is 23.0 Å². The molecule has 0 atom stereocenters. The van der Waals surface area contributed by atoms with Gasteiger partial charge in [-0.2, -0.15) is 4.39 Å². The van der Waals surface area contributed by atoms with Crippen LogP contribution in [0, 0.1) is 17.4 Å². The molecule has 0 aliphatic carbocycles. The van der Waals surface area contributed by atoms with E-state index in [2.05, 4.69) is 67.3 Å². The van der Waals surface area contributed by atoms with Gasteiger partial charge in [-0.25, -0.2) is 15.0 Å². The lowest BCUT2D eigenvalue weighted by atomic mass is 10.2. The molecule has 3 aromatic rings. The molecular formula is C18H16BrFN4Si. The molecule has 0 fully saturated rings.